The number of hydrogen-bond acceptors (Lipinski definition) is 3. The van der Waals surface area contributed by atoms with Crippen LogP contribution in [0.4, 0.5) is 14.5 Å². The minimum atomic E-state index is -2.72. The normalized spacial score (nSPS) is 12.5. The molecule has 0 fully saturated rings. The number of carbonyl (C=O) groups is 1. The summed E-state index contributed by atoms with van der Waals surface area (Å²) in [6.45, 7) is -1.05. The largest absolute Gasteiger partial charge is 0.325 e. The molecular weight excluding hydrogens is 332 g/mol. The Balaban J connectivity index is 1.81. The number of fused-ring (bicyclic) bond motifs is 1. The number of benzene rings is 2. The zero-order valence-electron chi connectivity index (χ0n) is 12.8. The molecule has 1 atom stereocenters. The second kappa shape index (κ2) is 7.00. The van der Waals surface area contributed by atoms with Crippen molar-refractivity contribution in [2.24, 2.45) is 0 Å². The number of halogens is 2. The van der Waals surface area contributed by atoms with Crippen LogP contribution in [0.1, 0.15) is 13.5 Å². The first-order chi connectivity index (χ1) is 11.6. The fraction of sp³-hybridized carbons (Fsp3) is 0.176. The van der Waals surface area contributed by atoms with Crippen molar-refractivity contribution >= 4 is 34.4 Å². The van der Waals surface area contributed by atoms with Gasteiger partial charge < -0.3 is 5.32 Å². The van der Waals surface area contributed by atoms with E-state index in [-0.39, 0.29) is 11.1 Å². The summed E-state index contributed by atoms with van der Waals surface area (Å²) in [6.07, 6.45) is 0. The van der Waals surface area contributed by atoms with E-state index in [4.69, 9.17) is 0 Å². The average Bonchev–Trinajstić information content (AvgIpc) is 2.93. The molecule has 3 rings (SSSR count). The van der Waals surface area contributed by atoms with Crippen molar-refractivity contribution in [2.75, 3.05) is 5.32 Å². The number of nitrogens with zero attached hydrogens (tertiary/aromatic N) is 2. The van der Waals surface area contributed by atoms with Gasteiger partial charge >= 0.3 is 6.55 Å². The summed E-state index contributed by atoms with van der Waals surface area (Å²) >= 11 is 1.01. The first-order valence-corrected chi connectivity index (χ1v) is 8.22. The summed E-state index contributed by atoms with van der Waals surface area (Å²) in [7, 11) is 0. The lowest BCUT2D eigenvalue weighted by Gasteiger charge is -2.13. The third kappa shape index (κ3) is 3.41. The highest BCUT2D eigenvalue weighted by Gasteiger charge is 2.22. The summed E-state index contributed by atoms with van der Waals surface area (Å²) in [6, 6.07) is 15.7. The Hall–Kier alpha value is -2.41. The highest BCUT2D eigenvalue weighted by molar-refractivity contribution is 8.00. The van der Waals surface area contributed by atoms with E-state index >= 15 is 0 Å². The summed E-state index contributed by atoms with van der Waals surface area (Å²) in [5.74, 6) is -0.265. The van der Waals surface area contributed by atoms with Gasteiger partial charge in [-0.2, -0.15) is 8.78 Å². The zero-order chi connectivity index (χ0) is 17.1. The van der Waals surface area contributed by atoms with E-state index in [1.54, 1.807) is 43.3 Å². The molecule has 124 valence electrons. The molecule has 0 radical (unpaired) electrons. The van der Waals surface area contributed by atoms with Crippen molar-refractivity contribution in [3.8, 4) is 0 Å². The first-order valence-electron chi connectivity index (χ1n) is 7.34. The van der Waals surface area contributed by atoms with Crippen LogP contribution in [0.25, 0.3) is 11.0 Å². The predicted molar refractivity (Wildman–Crippen MR) is 91.4 cm³/mol. The van der Waals surface area contributed by atoms with Crippen molar-refractivity contribution < 1.29 is 13.6 Å². The number of nitrogens with one attached hydrogen (secondary N) is 1. The molecule has 24 heavy (non-hydrogen) atoms. The number of carbonyl (C=O) groups excluding carboxylic acids is 1. The maximum absolute atomic E-state index is 13.4. The Kier molecular flexibility index (Phi) is 4.80. The number of aromatic nitrogens is 2. The molecule has 1 amide bonds. The fourth-order valence-corrected chi connectivity index (χ4v) is 3.20. The molecule has 0 aliphatic carbocycles. The number of amides is 1. The maximum atomic E-state index is 13.4. The molecule has 7 heteroatoms. The number of thioether (sulfide) groups is 1. The summed E-state index contributed by atoms with van der Waals surface area (Å²) in [5.41, 5.74) is 1.50. The lowest BCUT2D eigenvalue weighted by atomic mass is 10.3. The van der Waals surface area contributed by atoms with Crippen molar-refractivity contribution in [3.63, 3.8) is 0 Å². The molecule has 0 aliphatic heterocycles. The third-order valence-corrected chi connectivity index (χ3v) is 4.52. The molecule has 1 aromatic heterocycles. The van der Waals surface area contributed by atoms with Crippen molar-refractivity contribution in [1.29, 1.82) is 0 Å². The van der Waals surface area contributed by atoms with Crippen LogP contribution in [0, 0.1) is 0 Å². The molecule has 1 unspecified atom stereocenters. The molecule has 0 saturated heterocycles. The van der Waals surface area contributed by atoms with Crippen LogP contribution in [0.3, 0.4) is 0 Å². The molecule has 0 saturated carbocycles. The quantitative estimate of drug-likeness (QED) is 0.689. The van der Waals surface area contributed by atoms with Gasteiger partial charge in [-0.1, -0.05) is 42.1 Å². The molecule has 2 aromatic carbocycles. The molecule has 1 N–H and O–H groups in total. The smallest absolute Gasteiger partial charge is 0.321 e. The van der Waals surface area contributed by atoms with E-state index in [0.717, 1.165) is 16.3 Å². The van der Waals surface area contributed by atoms with Crippen LogP contribution in [-0.4, -0.2) is 20.7 Å². The van der Waals surface area contributed by atoms with Gasteiger partial charge in [0.25, 0.3) is 0 Å². The van der Waals surface area contributed by atoms with E-state index in [0.29, 0.717) is 16.7 Å². The molecular formula is C17H15F2N3OS. The van der Waals surface area contributed by atoms with Gasteiger partial charge in [-0.05, 0) is 31.2 Å². The van der Waals surface area contributed by atoms with Gasteiger partial charge in [-0.15, -0.1) is 0 Å². The SMILES string of the molecule is CC(Sc1nc2ccccc2n1C(F)F)C(=O)Nc1ccccc1. The molecule has 0 spiro atoms. The van der Waals surface area contributed by atoms with Crippen molar-refractivity contribution in [3.05, 3.63) is 54.6 Å². The van der Waals surface area contributed by atoms with Gasteiger partial charge in [-0.25, -0.2) is 4.98 Å². The number of alkyl halides is 2. The number of imidazole rings is 1. The van der Waals surface area contributed by atoms with Gasteiger partial charge in [0.05, 0.1) is 16.3 Å². The summed E-state index contributed by atoms with van der Waals surface area (Å²) in [4.78, 5) is 16.5. The second-order valence-electron chi connectivity index (χ2n) is 5.15. The average molecular weight is 347 g/mol. The number of rotatable bonds is 5. The molecule has 1 heterocycles. The standard InChI is InChI=1S/C17H15F2N3OS/c1-11(15(23)20-12-7-3-2-4-8-12)24-17-21-13-9-5-6-10-14(13)22(17)16(18)19/h2-11,16H,1H3,(H,20,23). The Morgan fingerprint density at radius 2 is 1.79 bits per heavy atom. The Morgan fingerprint density at radius 3 is 2.50 bits per heavy atom. The van der Waals surface area contributed by atoms with Gasteiger partial charge in [0.2, 0.25) is 5.91 Å². The van der Waals surface area contributed by atoms with Crippen LogP contribution in [0.2, 0.25) is 0 Å². The van der Waals surface area contributed by atoms with Crippen molar-refractivity contribution in [1.82, 2.24) is 9.55 Å². The minimum Gasteiger partial charge on any atom is -0.325 e. The van der Waals surface area contributed by atoms with E-state index < -0.39 is 11.8 Å². The van der Waals surface area contributed by atoms with Crippen molar-refractivity contribution in [2.45, 2.75) is 23.9 Å². The van der Waals surface area contributed by atoms with Gasteiger partial charge in [-0.3, -0.25) is 9.36 Å². The highest BCUT2D eigenvalue weighted by Crippen LogP contribution is 2.31. The van der Waals surface area contributed by atoms with Gasteiger partial charge in [0.15, 0.2) is 5.16 Å². The molecule has 0 bridgehead atoms. The van der Waals surface area contributed by atoms with Crippen LogP contribution in [-0.2, 0) is 4.79 Å². The summed E-state index contributed by atoms with van der Waals surface area (Å²) < 4.78 is 27.6. The zero-order valence-corrected chi connectivity index (χ0v) is 13.6. The Morgan fingerprint density at radius 1 is 1.12 bits per heavy atom. The van der Waals surface area contributed by atoms with Gasteiger partial charge in [0.1, 0.15) is 0 Å². The van der Waals surface area contributed by atoms with Gasteiger partial charge in [0, 0.05) is 5.69 Å². The highest BCUT2D eigenvalue weighted by atomic mass is 32.2. The minimum absolute atomic E-state index is 0.127. The fourth-order valence-electron chi connectivity index (χ4n) is 2.27. The maximum Gasteiger partial charge on any atom is 0.321 e. The molecule has 3 aromatic rings. The Bertz CT molecular complexity index is 851. The van der Waals surface area contributed by atoms with E-state index in [1.807, 2.05) is 18.2 Å². The monoisotopic (exact) mass is 347 g/mol. The predicted octanol–water partition coefficient (Wildman–Crippen LogP) is 4.55. The van der Waals surface area contributed by atoms with E-state index in [2.05, 4.69) is 10.3 Å². The Labute approximate surface area is 141 Å². The topological polar surface area (TPSA) is 46.9 Å². The van der Waals surface area contributed by atoms with Crippen LogP contribution in [0.15, 0.2) is 59.8 Å². The lowest BCUT2D eigenvalue weighted by molar-refractivity contribution is -0.115. The summed E-state index contributed by atoms with van der Waals surface area (Å²) in [5, 5.41) is 2.32. The number of hydrogen-bond donors (Lipinski definition) is 1. The lowest BCUT2D eigenvalue weighted by Crippen LogP contribution is -2.22. The number of para-hydroxylation sites is 3. The van der Waals surface area contributed by atoms with E-state index in [9.17, 15) is 13.6 Å². The third-order valence-electron chi connectivity index (χ3n) is 3.45. The number of anilines is 1. The molecule has 4 nitrogen and oxygen atoms in total. The van der Waals surface area contributed by atoms with Crippen LogP contribution >= 0.6 is 11.8 Å². The first kappa shape index (κ1) is 16.4. The second-order valence-corrected chi connectivity index (χ2v) is 6.45. The van der Waals surface area contributed by atoms with Crippen LogP contribution < -0.4 is 5.32 Å². The van der Waals surface area contributed by atoms with Crippen LogP contribution in [0.5, 0.6) is 0 Å². The van der Waals surface area contributed by atoms with E-state index in [1.165, 1.54) is 0 Å². The molecule has 0 aliphatic rings.